The predicted molar refractivity (Wildman–Crippen MR) is 211 cm³/mol. The molecule has 284 valence electrons. The van der Waals surface area contributed by atoms with Crippen molar-refractivity contribution >= 4 is 52.5 Å². The summed E-state index contributed by atoms with van der Waals surface area (Å²) in [4.78, 5) is 70.6. The second-order valence-corrected chi connectivity index (χ2v) is 14.0. The molecule has 0 aliphatic carbocycles. The number of nitrogens with zero attached hydrogens (tertiary/aromatic N) is 3. The van der Waals surface area contributed by atoms with Crippen molar-refractivity contribution in [1.29, 1.82) is 0 Å². The van der Waals surface area contributed by atoms with Crippen molar-refractivity contribution in [2.45, 2.75) is 53.1 Å². The van der Waals surface area contributed by atoms with E-state index < -0.39 is 48.4 Å². The molecule has 0 aromatic heterocycles. The molecule has 1 unspecified atom stereocenters. The highest BCUT2D eigenvalue weighted by Gasteiger charge is 2.26. The molecule has 0 spiro atoms. The number of amides is 5. The van der Waals surface area contributed by atoms with E-state index in [0.717, 1.165) is 16.8 Å². The standard InChI is InChI=1S/C42H49N5O7/c1-28-21-29(2)23-34(22-28)46(8)39(50)27-53-36-20-13-12-19-35(36)47(26-38(49)45(7)33-17-10-9-11-18-33)37(48)25-43-41(52)44-32-16-14-15-31(24-32)30(3)40(51)54-42(4,5)6/h9-24,30H,25-27H2,1-8H3,(H2,43,44,52). The smallest absolute Gasteiger partial charge is 0.319 e. The Hall–Kier alpha value is -6.17. The zero-order valence-corrected chi connectivity index (χ0v) is 32.1. The van der Waals surface area contributed by atoms with Crippen molar-refractivity contribution in [2.24, 2.45) is 0 Å². The van der Waals surface area contributed by atoms with Crippen LogP contribution in [0.4, 0.5) is 27.5 Å². The van der Waals surface area contributed by atoms with Crippen LogP contribution in [-0.4, -0.2) is 69.1 Å². The van der Waals surface area contributed by atoms with Crippen molar-refractivity contribution in [3.05, 3.63) is 114 Å². The summed E-state index contributed by atoms with van der Waals surface area (Å²) in [6, 6.07) is 27.5. The number of carbonyl (C=O) groups excluding carboxylic acids is 5. The van der Waals surface area contributed by atoms with Crippen LogP contribution in [0.25, 0.3) is 0 Å². The molecule has 4 rings (SSSR count). The molecule has 0 aliphatic heterocycles. The zero-order chi connectivity index (χ0) is 39.6. The first-order valence-electron chi connectivity index (χ1n) is 17.6. The summed E-state index contributed by atoms with van der Waals surface area (Å²) in [6.07, 6.45) is 0. The van der Waals surface area contributed by atoms with Gasteiger partial charge in [0.1, 0.15) is 17.9 Å². The fraction of sp³-hybridized carbons (Fsp3) is 0.310. The first-order valence-corrected chi connectivity index (χ1v) is 17.6. The number of para-hydroxylation sites is 3. The van der Waals surface area contributed by atoms with Crippen LogP contribution in [0.15, 0.2) is 97.1 Å². The first kappa shape index (κ1) is 40.6. The second kappa shape index (κ2) is 18.0. The van der Waals surface area contributed by atoms with Crippen molar-refractivity contribution in [1.82, 2.24) is 5.32 Å². The molecular formula is C42H49N5O7. The molecule has 5 amide bonds. The van der Waals surface area contributed by atoms with Crippen molar-refractivity contribution in [3.63, 3.8) is 0 Å². The number of ether oxygens (including phenoxy) is 2. The second-order valence-electron chi connectivity index (χ2n) is 14.0. The third kappa shape index (κ3) is 11.4. The average molecular weight is 736 g/mol. The molecule has 0 fully saturated rings. The summed E-state index contributed by atoms with van der Waals surface area (Å²) < 4.78 is 11.5. The number of urea groups is 1. The minimum Gasteiger partial charge on any atom is -0.482 e. The van der Waals surface area contributed by atoms with Gasteiger partial charge in [-0.3, -0.25) is 24.1 Å². The molecule has 0 heterocycles. The predicted octanol–water partition coefficient (Wildman–Crippen LogP) is 6.61. The summed E-state index contributed by atoms with van der Waals surface area (Å²) in [5, 5.41) is 5.27. The molecule has 4 aromatic carbocycles. The Bertz CT molecular complexity index is 1960. The maximum atomic E-state index is 13.9. The van der Waals surface area contributed by atoms with Crippen LogP contribution in [0.1, 0.15) is 50.3 Å². The van der Waals surface area contributed by atoms with Gasteiger partial charge in [-0.15, -0.1) is 0 Å². The van der Waals surface area contributed by atoms with Crippen LogP contribution in [0, 0.1) is 13.8 Å². The summed E-state index contributed by atoms with van der Waals surface area (Å²) in [5.41, 5.74) is 4.00. The number of carbonyl (C=O) groups is 5. The molecule has 4 aromatic rings. The monoisotopic (exact) mass is 735 g/mol. The molecule has 12 heteroatoms. The van der Waals surface area contributed by atoms with Crippen molar-refractivity contribution < 1.29 is 33.4 Å². The van der Waals surface area contributed by atoms with Gasteiger partial charge in [-0.05, 0) is 107 Å². The highest BCUT2D eigenvalue weighted by Crippen LogP contribution is 2.29. The van der Waals surface area contributed by atoms with E-state index in [1.807, 2.05) is 38.1 Å². The Kier molecular flexibility index (Phi) is 13.6. The van der Waals surface area contributed by atoms with Crippen molar-refractivity contribution in [3.8, 4) is 5.75 Å². The van der Waals surface area contributed by atoms with E-state index in [0.29, 0.717) is 16.9 Å². The van der Waals surface area contributed by atoms with E-state index in [2.05, 4.69) is 10.6 Å². The van der Waals surface area contributed by atoms with Gasteiger partial charge in [0.2, 0.25) is 11.8 Å². The number of aryl methyl sites for hydroxylation is 2. The van der Waals surface area contributed by atoms with Gasteiger partial charge in [-0.25, -0.2) is 4.79 Å². The van der Waals surface area contributed by atoms with Crippen LogP contribution in [0.3, 0.4) is 0 Å². The fourth-order valence-electron chi connectivity index (χ4n) is 5.51. The number of hydrogen-bond acceptors (Lipinski definition) is 7. The summed E-state index contributed by atoms with van der Waals surface area (Å²) in [6.45, 7) is 9.78. The lowest BCUT2D eigenvalue weighted by Gasteiger charge is -2.27. The Labute approximate surface area is 317 Å². The topological polar surface area (TPSA) is 138 Å². The SMILES string of the molecule is Cc1cc(C)cc(N(C)C(=O)COc2ccccc2N(CC(=O)N(C)c2ccccc2)C(=O)CNC(=O)Nc2cccc(C(C)C(=O)OC(C)(C)C)c2)c1. The zero-order valence-electron chi connectivity index (χ0n) is 32.1. The van der Waals surface area contributed by atoms with Gasteiger partial charge in [-0.1, -0.05) is 48.5 Å². The molecule has 54 heavy (non-hydrogen) atoms. The Morgan fingerprint density at radius 1 is 0.722 bits per heavy atom. The molecule has 12 nitrogen and oxygen atoms in total. The number of anilines is 4. The molecule has 0 aliphatic rings. The molecule has 0 saturated heterocycles. The Morgan fingerprint density at radius 3 is 2.02 bits per heavy atom. The fourth-order valence-corrected chi connectivity index (χ4v) is 5.51. The van der Waals surface area contributed by atoms with E-state index >= 15 is 0 Å². The third-order valence-corrected chi connectivity index (χ3v) is 8.39. The number of nitrogens with one attached hydrogen (secondary N) is 2. The molecular weight excluding hydrogens is 686 g/mol. The van der Waals surface area contributed by atoms with Crippen LogP contribution < -0.4 is 30.1 Å². The molecule has 0 bridgehead atoms. The van der Waals surface area contributed by atoms with E-state index in [-0.39, 0.29) is 24.0 Å². The molecule has 0 saturated carbocycles. The quantitative estimate of drug-likeness (QED) is 0.148. The minimum atomic E-state index is -0.678. The lowest BCUT2D eigenvalue weighted by molar-refractivity contribution is -0.156. The van der Waals surface area contributed by atoms with E-state index in [1.54, 1.807) is 115 Å². The van der Waals surface area contributed by atoms with Gasteiger partial charge in [0, 0.05) is 31.2 Å². The van der Waals surface area contributed by atoms with E-state index in [4.69, 9.17) is 9.47 Å². The highest BCUT2D eigenvalue weighted by molar-refractivity contribution is 6.06. The van der Waals surface area contributed by atoms with E-state index in [1.165, 1.54) is 14.7 Å². The Balaban J connectivity index is 1.51. The van der Waals surface area contributed by atoms with Crippen LogP contribution >= 0.6 is 0 Å². The van der Waals surface area contributed by atoms with Gasteiger partial charge in [0.05, 0.1) is 18.2 Å². The van der Waals surface area contributed by atoms with Gasteiger partial charge in [0.15, 0.2) is 6.61 Å². The average Bonchev–Trinajstić information content (AvgIpc) is 3.13. The molecule has 1 atom stereocenters. The minimum absolute atomic E-state index is 0.198. The number of rotatable bonds is 13. The van der Waals surface area contributed by atoms with Crippen LogP contribution in [-0.2, 0) is 23.9 Å². The van der Waals surface area contributed by atoms with Crippen LogP contribution in [0.2, 0.25) is 0 Å². The number of likely N-dealkylation sites (N-methyl/N-ethyl adjacent to an activating group) is 2. The third-order valence-electron chi connectivity index (χ3n) is 8.39. The maximum Gasteiger partial charge on any atom is 0.319 e. The van der Waals surface area contributed by atoms with Crippen LogP contribution in [0.5, 0.6) is 5.75 Å². The van der Waals surface area contributed by atoms with Crippen molar-refractivity contribution in [2.75, 3.05) is 53.8 Å². The maximum absolute atomic E-state index is 13.9. The first-order chi connectivity index (χ1) is 25.5. The summed E-state index contributed by atoms with van der Waals surface area (Å²) in [7, 11) is 3.27. The lowest BCUT2D eigenvalue weighted by Crippen LogP contribution is -2.46. The summed E-state index contributed by atoms with van der Waals surface area (Å²) in [5.74, 6) is -2.12. The highest BCUT2D eigenvalue weighted by atomic mass is 16.6. The normalized spacial score (nSPS) is 11.5. The van der Waals surface area contributed by atoms with Gasteiger partial charge in [-0.2, -0.15) is 0 Å². The number of benzene rings is 4. The number of hydrogen-bond donors (Lipinski definition) is 2. The van der Waals surface area contributed by atoms with Gasteiger partial charge >= 0.3 is 12.0 Å². The molecule has 0 radical (unpaired) electrons. The summed E-state index contributed by atoms with van der Waals surface area (Å²) >= 11 is 0. The van der Waals surface area contributed by atoms with Gasteiger partial charge in [0.25, 0.3) is 5.91 Å². The number of esters is 1. The van der Waals surface area contributed by atoms with Gasteiger partial charge < -0.3 is 29.9 Å². The van der Waals surface area contributed by atoms with E-state index in [9.17, 15) is 24.0 Å². The largest absolute Gasteiger partial charge is 0.482 e. The lowest BCUT2D eigenvalue weighted by atomic mass is 10.0. The molecule has 2 N–H and O–H groups in total. The Morgan fingerprint density at radius 2 is 1.35 bits per heavy atom.